The Morgan fingerprint density at radius 3 is 2.64 bits per heavy atom. The highest BCUT2D eigenvalue weighted by Gasteiger charge is 2.53. The fraction of sp³-hybridized carbons (Fsp3) is 0.304. The third kappa shape index (κ3) is 6.74. The number of thioether (sulfide) groups is 3. The number of aliphatic carboxylic acids is 1. The highest BCUT2D eigenvalue weighted by molar-refractivity contribution is 8.00. The average molecular weight is 630 g/mol. The average Bonchev–Trinajstić information content (AvgIpc) is 2.87. The molecule has 1 fully saturated rings. The molecule has 2 aromatic rings. The first-order valence-electron chi connectivity index (χ1n) is 11.5. The zero-order valence-electron chi connectivity index (χ0n) is 20.5. The number of pyridine rings is 1. The number of nitrogens with two attached hydrogens (primary N) is 2. The van der Waals surface area contributed by atoms with Crippen molar-refractivity contribution < 1.29 is 24.1 Å². The molecule has 0 aliphatic carbocycles. The number of hydrogen-bond acceptors (Lipinski definition) is 10. The van der Waals surface area contributed by atoms with Gasteiger partial charge >= 0.3 is 11.1 Å². The molecule has 16 heteroatoms. The van der Waals surface area contributed by atoms with Gasteiger partial charge < -0.3 is 21.9 Å². The van der Waals surface area contributed by atoms with Gasteiger partial charge in [-0.1, -0.05) is 40.3 Å². The van der Waals surface area contributed by atoms with Crippen LogP contribution >= 0.6 is 58.5 Å². The molecule has 1 saturated heterocycles. The summed E-state index contributed by atoms with van der Waals surface area (Å²) in [6.45, 7) is 2.57. The number of hydrogen-bond donors (Lipinski definition) is 4. The van der Waals surface area contributed by atoms with Crippen LogP contribution in [0.15, 0.2) is 51.7 Å². The summed E-state index contributed by atoms with van der Waals surface area (Å²) in [4.78, 5) is 47.6. The maximum absolute atomic E-state index is 12.9. The number of carboxylic acids is 1. The number of amides is 2. The van der Waals surface area contributed by atoms with Crippen molar-refractivity contribution in [1.82, 2.24) is 20.2 Å². The largest absolute Gasteiger partial charge is 0.477 e. The normalized spacial score (nSPS) is 18.7. The molecular weight excluding hydrogens is 605 g/mol. The molecule has 11 nitrogen and oxygen atoms in total. The van der Waals surface area contributed by atoms with E-state index >= 15 is 0 Å². The number of nitrogens with one attached hydrogen (secondary N) is 1. The molecule has 2 aromatic heterocycles. The van der Waals surface area contributed by atoms with Crippen molar-refractivity contribution in [2.75, 3.05) is 28.7 Å². The van der Waals surface area contributed by atoms with Gasteiger partial charge in [0.15, 0.2) is 0 Å². The second kappa shape index (κ2) is 12.7. The van der Waals surface area contributed by atoms with E-state index in [1.54, 1.807) is 24.3 Å². The minimum atomic E-state index is -1.21. The first-order valence-corrected chi connectivity index (χ1v) is 15.3. The van der Waals surface area contributed by atoms with Crippen LogP contribution in [0, 0.1) is 0 Å². The zero-order valence-corrected chi connectivity index (χ0v) is 24.4. The molecule has 0 bridgehead atoms. The minimum Gasteiger partial charge on any atom is -0.477 e. The van der Waals surface area contributed by atoms with Crippen molar-refractivity contribution in [3.63, 3.8) is 0 Å². The molecule has 2 amide bonds. The van der Waals surface area contributed by atoms with Gasteiger partial charge in [-0.15, -0.1) is 23.5 Å². The molecule has 2 aliphatic heterocycles. The second-order valence-corrected chi connectivity index (χ2v) is 12.1. The Bertz CT molecular complexity index is 1370. The van der Waals surface area contributed by atoms with Crippen LogP contribution in [0.1, 0.15) is 6.92 Å². The first-order chi connectivity index (χ1) is 18.6. The Kier molecular flexibility index (Phi) is 9.54. The van der Waals surface area contributed by atoms with E-state index in [9.17, 15) is 19.5 Å². The fourth-order valence-electron chi connectivity index (χ4n) is 3.95. The van der Waals surface area contributed by atoms with E-state index in [0.717, 1.165) is 0 Å². The summed E-state index contributed by atoms with van der Waals surface area (Å²) in [6.07, 6.45) is 3.51. The van der Waals surface area contributed by atoms with Gasteiger partial charge in [0.05, 0.1) is 18.4 Å². The molecule has 2 atom stereocenters. The number of carbonyl (C=O) groups excluding carboxylic acids is 2. The number of nitrogen functional groups attached to an aromatic ring is 2. The number of rotatable bonds is 10. The Hall–Kier alpha value is -2.65. The molecule has 6 N–H and O–H groups in total. The van der Waals surface area contributed by atoms with Crippen LogP contribution in [0.4, 0.5) is 11.6 Å². The van der Waals surface area contributed by atoms with Crippen LogP contribution in [-0.2, 0) is 20.9 Å². The van der Waals surface area contributed by atoms with Gasteiger partial charge in [0.2, 0.25) is 17.5 Å². The highest BCUT2D eigenvalue weighted by Crippen LogP contribution is 2.40. The van der Waals surface area contributed by atoms with Crippen LogP contribution in [0.2, 0.25) is 10.3 Å². The van der Waals surface area contributed by atoms with Crippen LogP contribution in [0.5, 0.6) is 0 Å². The van der Waals surface area contributed by atoms with Gasteiger partial charge in [-0.25, -0.2) is 14.3 Å². The summed E-state index contributed by atoms with van der Waals surface area (Å²) in [5, 5.41) is 13.2. The van der Waals surface area contributed by atoms with E-state index in [1.165, 1.54) is 40.2 Å². The molecule has 0 spiro atoms. The Morgan fingerprint density at radius 1 is 1.26 bits per heavy atom. The van der Waals surface area contributed by atoms with Gasteiger partial charge in [0.1, 0.15) is 27.4 Å². The number of allylic oxidation sites excluding steroid dienone is 1. The zero-order chi connectivity index (χ0) is 28.3. The van der Waals surface area contributed by atoms with Crippen LogP contribution in [-0.4, -0.2) is 66.4 Å². The Balaban J connectivity index is 1.38. The van der Waals surface area contributed by atoms with Crippen LogP contribution in [0.25, 0.3) is 0 Å². The second-order valence-electron chi connectivity index (χ2n) is 8.22. The smallest absolute Gasteiger partial charge is 0.352 e. The Labute approximate surface area is 246 Å². The molecule has 39 heavy (non-hydrogen) atoms. The lowest BCUT2D eigenvalue weighted by Crippen LogP contribution is -2.70. The SMILES string of the molecule is CC[n+]1c(N)cc(N)nc1SCC=CC1=C(C(=O)O)N2C(=O)[C@@H](NC(=O)CSc3cc(Cl)nc(Cl)c3)[C@H]2SC1. The quantitative estimate of drug-likeness (QED) is 0.100. The number of fused-ring (bicyclic) bond motifs is 1. The third-order valence-electron chi connectivity index (χ3n) is 5.63. The molecule has 2 aliphatic rings. The number of halogens is 2. The van der Waals surface area contributed by atoms with Gasteiger partial charge in [0, 0.05) is 16.4 Å². The van der Waals surface area contributed by atoms with Crippen molar-refractivity contribution in [3.8, 4) is 0 Å². The van der Waals surface area contributed by atoms with Gasteiger partial charge in [-0.2, -0.15) is 0 Å². The molecule has 0 aromatic carbocycles. The predicted molar refractivity (Wildman–Crippen MR) is 153 cm³/mol. The Morgan fingerprint density at radius 2 is 1.97 bits per heavy atom. The molecule has 4 rings (SSSR count). The lowest BCUT2D eigenvalue weighted by atomic mass is 10.0. The molecule has 206 valence electrons. The van der Waals surface area contributed by atoms with Gasteiger partial charge in [-0.05, 0) is 36.4 Å². The predicted octanol–water partition coefficient (Wildman–Crippen LogP) is 2.43. The van der Waals surface area contributed by atoms with Gasteiger partial charge in [0.25, 0.3) is 5.91 Å². The van der Waals surface area contributed by atoms with Crippen molar-refractivity contribution in [1.29, 1.82) is 0 Å². The van der Waals surface area contributed by atoms with Crippen molar-refractivity contribution in [2.24, 2.45) is 0 Å². The van der Waals surface area contributed by atoms with E-state index in [2.05, 4.69) is 15.3 Å². The summed E-state index contributed by atoms with van der Waals surface area (Å²) in [5.41, 5.74) is 12.2. The summed E-state index contributed by atoms with van der Waals surface area (Å²) in [7, 11) is 0. The first kappa shape index (κ1) is 29.3. The van der Waals surface area contributed by atoms with E-state index in [-0.39, 0.29) is 27.7 Å². The monoisotopic (exact) mass is 628 g/mol. The van der Waals surface area contributed by atoms with Crippen molar-refractivity contribution in [2.45, 2.75) is 34.9 Å². The van der Waals surface area contributed by atoms with E-state index < -0.39 is 23.3 Å². The number of anilines is 2. The molecule has 0 unspecified atom stereocenters. The minimum absolute atomic E-state index is 0.0245. The number of carbonyl (C=O) groups is 3. The lowest BCUT2D eigenvalue weighted by Gasteiger charge is -2.49. The maximum Gasteiger partial charge on any atom is 0.352 e. The molecule has 0 radical (unpaired) electrons. The van der Waals surface area contributed by atoms with Crippen LogP contribution in [0.3, 0.4) is 0 Å². The number of β-lactam (4-membered cyclic amide) rings is 1. The maximum atomic E-state index is 12.9. The van der Waals surface area contributed by atoms with E-state index in [4.69, 9.17) is 34.7 Å². The van der Waals surface area contributed by atoms with E-state index in [0.29, 0.717) is 45.3 Å². The lowest BCUT2D eigenvalue weighted by molar-refractivity contribution is -0.719. The summed E-state index contributed by atoms with van der Waals surface area (Å²) in [5.74, 6) is -0.350. The number of nitrogens with zero attached hydrogens (tertiary/aromatic N) is 4. The van der Waals surface area contributed by atoms with Crippen LogP contribution < -0.4 is 21.4 Å². The van der Waals surface area contributed by atoms with E-state index in [1.807, 2.05) is 17.6 Å². The summed E-state index contributed by atoms with van der Waals surface area (Å²) >= 11 is 15.8. The number of aromatic nitrogens is 3. The summed E-state index contributed by atoms with van der Waals surface area (Å²) < 4.78 is 1.82. The van der Waals surface area contributed by atoms with Crippen molar-refractivity contribution in [3.05, 3.63) is 51.9 Å². The molecular formula is C23H24Cl2N7O4S3+. The fourth-order valence-corrected chi connectivity index (χ4v) is 7.53. The molecule has 4 heterocycles. The highest BCUT2D eigenvalue weighted by atomic mass is 35.5. The van der Waals surface area contributed by atoms with Crippen molar-refractivity contribution >= 4 is 87.9 Å². The standard InChI is InChI=1S/C23H23Cl2N7O4S3/c1-2-31-16(27)8-15(26)29-23(31)37-5-3-4-11-9-39-21-18(20(34)32(21)19(11)22(35)36)30-17(33)10-38-12-6-13(24)28-14(25)7-12/h3-4,6-8,18,21H,2,5,9-10H2,1H3,(H5,26,27,30,33,35,36)/p+1/t18-,21-/m1/s1. The third-order valence-corrected chi connectivity index (χ3v) is 9.22. The number of carboxylic acid groups (broad SMARTS) is 1. The molecule has 0 saturated carbocycles. The summed E-state index contributed by atoms with van der Waals surface area (Å²) in [6, 6.07) is 3.94. The van der Waals surface area contributed by atoms with Gasteiger partial charge in [-0.3, -0.25) is 14.5 Å². The topological polar surface area (TPSA) is 168 Å².